The summed E-state index contributed by atoms with van der Waals surface area (Å²) in [6.07, 6.45) is 1.41. The van der Waals surface area contributed by atoms with Crippen molar-refractivity contribution in [1.82, 2.24) is 0 Å². The highest BCUT2D eigenvalue weighted by Gasteiger charge is 2.57. The average molecular weight is 221 g/mol. The maximum Gasteiger partial charge on any atom is 0.162 e. The molecule has 0 radical (unpaired) electrons. The third-order valence-electron chi connectivity index (χ3n) is 3.39. The summed E-state index contributed by atoms with van der Waals surface area (Å²) in [4.78, 5) is 0. The Morgan fingerprint density at radius 2 is 1.93 bits per heavy atom. The van der Waals surface area contributed by atoms with Crippen LogP contribution in [-0.4, -0.2) is 35.7 Å². The van der Waals surface area contributed by atoms with Gasteiger partial charge in [0.25, 0.3) is 0 Å². The van der Waals surface area contributed by atoms with Gasteiger partial charge in [0.15, 0.2) is 9.84 Å². The van der Waals surface area contributed by atoms with E-state index in [2.05, 4.69) is 0 Å². The maximum atomic E-state index is 12.1. The van der Waals surface area contributed by atoms with Crippen LogP contribution in [0.25, 0.3) is 0 Å². The van der Waals surface area contributed by atoms with Crippen LogP contribution < -0.4 is 5.73 Å². The summed E-state index contributed by atoms with van der Waals surface area (Å²) in [6.45, 7) is 4.62. The molecule has 1 saturated carbocycles. The zero-order valence-corrected chi connectivity index (χ0v) is 9.76. The van der Waals surface area contributed by atoms with Crippen LogP contribution >= 0.6 is 0 Å². The largest absolute Gasteiger partial charge is 0.395 e. The lowest BCUT2D eigenvalue weighted by Gasteiger charge is -2.32. The number of rotatable bonds is 4. The molecule has 0 spiro atoms. The molecule has 0 aromatic carbocycles. The van der Waals surface area contributed by atoms with Crippen molar-refractivity contribution in [3.8, 4) is 0 Å². The van der Waals surface area contributed by atoms with Crippen molar-refractivity contribution in [3.05, 3.63) is 0 Å². The molecule has 4 nitrogen and oxygen atoms in total. The van der Waals surface area contributed by atoms with E-state index in [1.165, 1.54) is 0 Å². The van der Waals surface area contributed by atoms with Crippen LogP contribution in [0, 0.1) is 0 Å². The van der Waals surface area contributed by atoms with Gasteiger partial charge in [0.1, 0.15) is 0 Å². The van der Waals surface area contributed by atoms with Gasteiger partial charge in [-0.1, -0.05) is 0 Å². The first kappa shape index (κ1) is 11.9. The van der Waals surface area contributed by atoms with Gasteiger partial charge in [-0.3, -0.25) is 0 Å². The first-order chi connectivity index (χ1) is 6.19. The molecule has 1 rings (SSSR count). The molecule has 0 aliphatic heterocycles. The van der Waals surface area contributed by atoms with Crippen LogP contribution in [0.15, 0.2) is 0 Å². The molecule has 1 aliphatic carbocycles. The van der Waals surface area contributed by atoms with Crippen LogP contribution in [0.1, 0.15) is 33.6 Å². The predicted molar refractivity (Wildman–Crippen MR) is 55.7 cm³/mol. The molecule has 3 N–H and O–H groups in total. The Morgan fingerprint density at radius 3 is 2.21 bits per heavy atom. The summed E-state index contributed by atoms with van der Waals surface area (Å²) in [5.74, 6) is 0. The lowest BCUT2D eigenvalue weighted by atomic mass is 10.1. The fourth-order valence-corrected chi connectivity index (χ4v) is 3.88. The van der Waals surface area contributed by atoms with Gasteiger partial charge in [0, 0.05) is 6.04 Å². The van der Waals surface area contributed by atoms with Gasteiger partial charge in [-0.2, -0.15) is 0 Å². The number of aliphatic hydroxyl groups is 1. The normalized spacial score (nSPS) is 23.2. The van der Waals surface area contributed by atoms with Crippen molar-refractivity contribution in [2.45, 2.75) is 49.1 Å². The molecular weight excluding hydrogens is 202 g/mol. The highest BCUT2D eigenvalue weighted by Crippen LogP contribution is 2.48. The van der Waals surface area contributed by atoms with E-state index >= 15 is 0 Å². The summed E-state index contributed by atoms with van der Waals surface area (Å²) < 4.78 is 22.6. The quantitative estimate of drug-likeness (QED) is 0.703. The highest BCUT2D eigenvalue weighted by molar-refractivity contribution is 7.94. The van der Waals surface area contributed by atoms with Gasteiger partial charge < -0.3 is 10.8 Å². The van der Waals surface area contributed by atoms with E-state index in [1.54, 1.807) is 20.8 Å². The molecule has 5 heteroatoms. The molecule has 1 aliphatic rings. The highest BCUT2D eigenvalue weighted by atomic mass is 32.2. The Balaban J connectivity index is 3.03. The molecule has 0 bridgehead atoms. The number of hydrogen-bond donors (Lipinski definition) is 2. The fourth-order valence-electron chi connectivity index (χ4n) is 1.50. The van der Waals surface area contributed by atoms with Crippen LogP contribution in [0.2, 0.25) is 0 Å². The Bertz CT molecular complexity index is 317. The standard InChI is InChI=1S/C9H19NO3S/c1-8(2,7(10)6-11)14(12,13)9(3)4-5-9/h7,11H,4-6,10H2,1-3H3. The summed E-state index contributed by atoms with van der Waals surface area (Å²) >= 11 is 0. The Hall–Kier alpha value is -0.130. The Kier molecular flexibility index (Phi) is 2.71. The minimum Gasteiger partial charge on any atom is -0.395 e. The number of nitrogens with two attached hydrogens (primary N) is 1. The minimum atomic E-state index is -3.26. The van der Waals surface area contributed by atoms with Crippen LogP contribution in [0.3, 0.4) is 0 Å². The monoisotopic (exact) mass is 221 g/mol. The molecule has 0 saturated heterocycles. The first-order valence-corrected chi connectivity index (χ1v) is 6.28. The van der Waals surface area contributed by atoms with Crippen LogP contribution in [-0.2, 0) is 9.84 Å². The second-order valence-corrected chi connectivity index (χ2v) is 7.89. The van der Waals surface area contributed by atoms with E-state index in [1.807, 2.05) is 0 Å². The second kappa shape index (κ2) is 3.18. The first-order valence-electron chi connectivity index (χ1n) is 4.80. The topological polar surface area (TPSA) is 80.4 Å². The summed E-state index contributed by atoms with van der Waals surface area (Å²) in [5.41, 5.74) is 5.63. The molecule has 1 atom stereocenters. The molecule has 1 fully saturated rings. The number of aliphatic hydroxyl groups excluding tert-OH is 1. The van der Waals surface area contributed by atoms with Crippen molar-refractivity contribution in [2.24, 2.45) is 5.73 Å². The molecule has 0 amide bonds. The zero-order valence-electron chi connectivity index (χ0n) is 8.95. The van der Waals surface area contributed by atoms with Gasteiger partial charge in [0.2, 0.25) is 0 Å². The minimum absolute atomic E-state index is 0.303. The van der Waals surface area contributed by atoms with Gasteiger partial charge in [-0.25, -0.2) is 8.42 Å². The van der Waals surface area contributed by atoms with Gasteiger partial charge >= 0.3 is 0 Å². The van der Waals surface area contributed by atoms with E-state index in [0.717, 1.165) is 0 Å². The van der Waals surface area contributed by atoms with Crippen molar-refractivity contribution in [2.75, 3.05) is 6.61 Å². The van der Waals surface area contributed by atoms with E-state index in [0.29, 0.717) is 12.8 Å². The zero-order chi connectivity index (χ0) is 11.2. The molecule has 0 heterocycles. The lowest BCUT2D eigenvalue weighted by molar-refractivity contribution is 0.244. The molecular formula is C9H19NO3S. The summed E-state index contributed by atoms with van der Waals surface area (Å²) in [5, 5.41) is 8.93. The van der Waals surface area contributed by atoms with E-state index in [9.17, 15) is 8.42 Å². The smallest absolute Gasteiger partial charge is 0.162 e. The molecule has 84 valence electrons. The van der Waals surface area contributed by atoms with E-state index < -0.39 is 25.4 Å². The summed E-state index contributed by atoms with van der Waals surface area (Å²) in [7, 11) is -3.26. The van der Waals surface area contributed by atoms with Crippen molar-refractivity contribution in [1.29, 1.82) is 0 Å². The molecule has 1 unspecified atom stereocenters. The SMILES string of the molecule is CC1(S(=O)(=O)C(C)(C)C(N)CO)CC1. The third-order valence-corrected chi connectivity index (χ3v) is 6.78. The second-order valence-electron chi connectivity index (χ2n) is 4.85. The Labute approximate surface area is 85.4 Å². The van der Waals surface area contributed by atoms with Crippen molar-refractivity contribution >= 4 is 9.84 Å². The predicted octanol–water partition coefficient (Wildman–Crippen LogP) is 0.0519. The van der Waals surface area contributed by atoms with E-state index in [-0.39, 0.29) is 6.61 Å². The van der Waals surface area contributed by atoms with E-state index in [4.69, 9.17) is 10.8 Å². The van der Waals surface area contributed by atoms with Crippen molar-refractivity contribution in [3.63, 3.8) is 0 Å². The van der Waals surface area contributed by atoms with Gasteiger partial charge in [0.05, 0.1) is 16.1 Å². The lowest BCUT2D eigenvalue weighted by Crippen LogP contribution is -2.54. The molecule has 0 aromatic rings. The van der Waals surface area contributed by atoms with Crippen LogP contribution in [0.4, 0.5) is 0 Å². The molecule has 0 aromatic heterocycles. The summed E-state index contributed by atoms with van der Waals surface area (Å²) in [6, 6.07) is -0.718. The Morgan fingerprint density at radius 1 is 1.50 bits per heavy atom. The van der Waals surface area contributed by atoms with Crippen LogP contribution in [0.5, 0.6) is 0 Å². The van der Waals surface area contributed by atoms with Crippen molar-refractivity contribution < 1.29 is 13.5 Å². The number of sulfone groups is 1. The average Bonchev–Trinajstić information content (AvgIpc) is 2.83. The maximum absolute atomic E-state index is 12.1. The number of hydrogen-bond acceptors (Lipinski definition) is 4. The van der Waals surface area contributed by atoms with Gasteiger partial charge in [-0.15, -0.1) is 0 Å². The third kappa shape index (κ3) is 1.47. The molecule has 14 heavy (non-hydrogen) atoms. The van der Waals surface area contributed by atoms with Gasteiger partial charge in [-0.05, 0) is 33.6 Å². The fraction of sp³-hybridized carbons (Fsp3) is 1.00.